The molecule has 4 aromatic rings. The summed E-state index contributed by atoms with van der Waals surface area (Å²) in [6, 6.07) is 8.21. The number of likely N-dealkylation sites (tertiary alicyclic amines) is 1. The van der Waals surface area contributed by atoms with Gasteiger partial charge in [-0.3, -0.25) is 29.4 Å². The Morgan fingerprint density at radius 1 is 0.976 bits per heavy atom. The van der Waals surface area contributed by atoms with Crippen LogP contribution in [0.25, 0.3) is 33.4 Å². The van der Waals surface area contributed by atoms with E-state index in [9.17, 15) is 9.59 Å². The molecule has 8 atom stereocenters. The van der Waals surface area contributed by atoms with Gasteiger partial charge < -0.3 is 43.2 Å². The van der Waals surface area contributed by atoms with Crippen LogP contribution in [0.3, 0.4) is 0 Å². The van der Waals surface area contributed by atoms with E-state index in [2.05, 4.69) is 101 Å². The first kappa shape index (κ1) is 55.3. The summed E-state index contributed by atoms with van der Waals surface area (Å²) in [5.41, 5.74) is 9.54. The molecule has 2 spiro atoms. The Labute approximate surface area is 486 Å². The number of piperazine rings is 1. The molecule has 7 saturated heterocycles. The van der Waals surface area contributed by atoms with E-state index in [1.54, 1.807) is 23.5 Å². The highest BCUT2D eigenvalue weighted by molar-refractivity contribution is 7.10. The number of nitrogens with zero attached hydrogens (tertiary/aromatic N) is 7. The average molecular weight is 1140 g/mol. The van der Waals surface area contributed by atoms with Crippen LogP contribution >= 0.6 is 11.3 Å². The van der Waals surface area contributed by atoms with E-state index in [1.807, 2.05) is 6.20 Å². The predicted octanol–water partition coefficient (Wildman–Crippen LogP) is 7.33. The van der Waals surface area contributed by atoms with Gasteiger partial charge >= 0.3 is 5.97 Å². The van der Waals surface area contributed by atoms with Crippen LogP contribution in [0.4, 0.5) is 5.69 Å². The van der Waals surface area contributed by atoms with Crippen molar-refractivity contribution >= 4 is 45.7 Å². The van der Waals surface area contributed by atoms with Crippen LogP contribution in [-0.4, -0.2) is 175 Å². The number of fused-ring (bicyclic) bond motifs is 4. The maximum absolute atomic E-state index is 15.6. The monoisotopic (exact) mass is 1140 g/mol. The van der Waals surface area contributed by atoms with Crippen molar-refractivity contribution in [2.75, 3.05) is 97.5 Å². The third-order valence-electron chi connectivity index (χ3n) is 20.5. The van der Waals surface area contributed by atoms with Gasteiger partial charge in [-0.05, 0) is 108 Å². The lowest BCUT2D eigenvalue weighted by atomic mass is 9.66. The Morgan fingerprint density at radius 3 is 2.50 bits per heavy atom. The van der Waals surface area contributed by atoms with Crippen molar-refractivity contribution in [2.45, 2.75) is 153 Å². The van der Waals surface area contributed by atoms with Crippen LogP contribution in [0.5, 0.6) is 0 Å². The maximum atomic E-state index is 15.6. The number of hydrogen-bond acceptors (Lipinski definition) is 16. The highest BCUT2D eigenvalue weighted by atomic mass is 32.1. The Hall–Kier alpha value is -4.57. The van der Waals surface area contributed by atoms with E-state index >= 15 is 4.79 Å². The number of pyridine rings is 1. The molecule has 0 radical (unpaired) electrons. The molecule has 82 heavy (non-hydrogen) atoms. The molecular formula is C63H85N9O9S. The topological polar surface area (TPSA) is 174 Å². The minimum absolute atomic E-state index is 0.00590. The third-order valence-corrected chi connectivity index (χ3v) is 21.4. The summed E-state index contributed by atoms with van der Waals surface area (Å²) in [7, 11) is 1.75. The molecule has 2 amide bonds. The van der Waals surface area contributed by atoms with E-state index in [4.69, 9.17) is 38.4 Å². The molecule has 3 aliphatic carbocycles. The van der Waals surface area contributed by atoms with Crippen molar-refractivity contribution in [2.24, 2.45) is 34.5 Å². The number of cyclic esters (lactones) is 1. The molecule has 11 heterocycles. The summed E-state index contributed by atoms with van der Waals surface area (Å²) in [6.07, 6.45) is 9.72. The number of rotatable bonds is 13. The van der Waals surface area contributed by atoms with Crippen LogP contribution < -0.4 is 15.6 Å². The van der Waals surface area contributed by atoms with Gasteiger partial charge in [-0.25, -0.2) is 15.2 Å². The smallest absolute Gasteiger partial charge is 0.328 e. The number of ether oxygens (including phenoxy) is 6. The summed E-state index contributed by atoms with van der Waals surface area (Å²) in [5, 5.41) is 8.98. The van der Waals surface area contributed by atoms with Crippen LogP contribution in [0, 0.1) is 34.5 Å². The zero-order valence-corrected chi connectivity index (χ0v) is 50.0. The number of hydrogen-bond donors (Lipinski definition) is 2. The Balaban J connectivity index is 0.901. The van der Waals surface area contributed by atoms with Gasteiger partial charge in [0.05, 0.1) is 85.3 Å². The molecule has 3 saturated carbocycles. The first-order valence-electron chi connectivity index (χ1n) is 30.9. The molecule has 1 aromatic carbocycles. The number of benzene rings is 1. The molecule has 11 aliphatic rings. The van der Waals surface area contributed by atoms with Gasteiger partial charge in [0.25, 0.3) is 5.91 Å². The first-order chi connectivity index (χ1) is 39.5. The van der Waals surface area contributed by atoms with Crippen LogP contribution in [0.2, 0.25) is 0 Å². The zero-order valence-electron chi connectivity index (χ0n) is 49.2. The zero-order chi connectivity index (χ0) is 56.5. The van der Waals surface area contributed by atoms with Crippen molar-refractivity contribution in [1.29, 1.82) is 0 Å². The molecule has 15 rings (SSSR count). The second-order valence-corrected chi connectivity index (χ2v) is 28.7. The van der Waals surface area contributed by atoms with Gasteiger partial charge in [0.15, 0.2) is 0 Å². The number of methoxy groups -OCH3 is 1. The van der Waals surface area contributed by atoms with E-state index in [-0.39, 0.29) is 77.4 Å². The lowest BCUT2D eigenvalue weighted by Gasteiger charge is -2.58. The van der Waals surface area contributed by atoms with E-state index in [1.165, 1.54) is 12.8 Å². The largest absolute Gasteiger partial charge is 0.464 e. The first-order valence-corrected chi connectivity index (χ1v) is 31.7. The Morgan fingerprint density at radius 2 is 1.78 bits per heavy atom. The van der Waals surface area contributed by atoms with Crippen molar-refractivity contribution < 1.29 is 42.8 Å². The number of carbonyl (C=O) groups is 3. The summed E-state index contributed by atoms with van der Waals surface area (Å²) in [4.78, 5) is 63.6. The number of nitrogens with one attached hydrogen (secondary N) is 2. The molecular weight excluding hydrogens is 1060 g/mol. The minimum Gasteiger partial charge on any atom is -0.464 e. The van der Waals surface area contributed by atoms with Crippen molar-refractivity contribution in [1.82, 2.24) is 40.1 Å². The molecule has 442 valence electrons. The van der Waals surface area contributed by atoms with Gasteiger partial charge in [-0.2, -0.15) is 0 Å². The minimum atomic E-state index is -1.07. The summed E-state index contributed by atoms with van der Waals surface area (Å²) < 4.78 is 40.1. The van der Waals surface area contributed by atoms with Gasteiger partial charge in [-0.15, -0.1) is 11.3 Å². The fraction of sp³-hybridized carbons (Fsp3) is 0.698. The van der Waals surface area contributed by atoms with E-state index < -0.39 is 23.0 Å². The number of carbonyl (C=O) groups excluding carboxylic acids is 3. The van der Waals surface area contributed by atoms with E-state index in [0.29, 0.717) is 78.5 Å². The van der Waals surface area contributed by atoms with Gasteiger partial charge in [0.2, 0.25) is 5.91 Å². The average Bonchev–Trinajstić information content (AvgIpc) is 3.52. The highest BCUT2D eigenvalue weighted by Gasteiger charge is 2.61. The van der Waals surface area contributed by atoms with Crippen molar-refractivity contribution in [3.63, 3.8) is 0 Å². The molecule has 0 unspecified atom stereocenters. The highest BCUT2D eigenvalue weighted by Crippen LogP contribution is 2.53. The second-order valence-electron chi connectivity index (χ2n) is 27.8. The van der Waals surface area contributed by atoms with E-state index in [0.717, 1.165) is 113 Å². The van der Waals surface area contributed by atoms with Crippen LogP contribution in [0.1, 0.15) is 121 Å². The molecule has 2 N–H and O–H groups in total. The Bertz CT molecular complexity index is 3090. The predicted molar refractivity (Wildman–Crippen MR) is 311 cm³/mol. The fourth-order valence-electron chi connectivity index (χ4n) is 15.7. The van der Waals surface area contributed by atoms with Crippen LogP contribution in [-0.2, 0) is 55.8 Å². The van der Waals surface area contributed by atoms with Crippen molar-refractivity contribution in [3.05, 3.63) is 52.1 Å². The fourth-order valence-corrected chi connectivity index (χ4v) is 16.7. The number of anilines is 1. The molecule has 8 aliphatic heterocycles. The number of hydrazine groups is 1. The lowest BCUT2D eigenvalue weighted by molar-refractivity contribution is -0.204. The van der Waals surface area contributed by atoms with Gasteiger partial charge in [-0.1, -0.05) is 26.8 Å². The number of amides is 2. The standard InChI is InChI=1S/C63H85N9O9S/c1-37-50(49-9-8-20-79-49)51(37)56(73)66-53-55(70-32-62(33-70)35-77-36-62)57-65-47(31-82-57)40-10-13-48-44(23-40)46(28-60(3,4)34-80-59(75)63-25-39(26-63)30-72(67-63)58(53)74)54(71(48)19-22-78-43-14-21-81-61(5,6)27-43)45-24-42(29-64-52(45)38(2)76-7)69-17-15-68(16-18-69)41-11-12-41/h10,13,23-24,29,31,37-39,41,43,49-51,53,55,67H,8-9,11-12,14-22,25-28,30,32-36H2,1-7H3,(H,66,73)/t37-,38-,39?,43-,49+,50-,51+,53-,55-,63?/m0/s1. The van der Waals surface area contributed by atoms with Gasteiger partial charge in [0.1, 0.15) is 16.6 Å². The normalized spacial score (nSPS) is 32.8. The second kappa shape index (κ2) is 21.1. The number of esters is 1. The molecule has 3 aromatic heterocycles. The summed E-state index contributed by atoms with van der Waals surface area (Å²) in [6.45, 7) is 22.6. The van der Waals surface area contributed by atoms with Crippen molar-refractivity contribution in [3.8, 4) is 22.5 Å². The lowest BCUT2D eigenvalue weighted by Crippen LogP contribution is -2.76. The summed E-state index contributed by atoms with van der Waals surface area (Å²) >= 11 is 1.54. The third kappa shape index (κ3) is 10.2. The van der Waals surface area contributed by atoms with Gasteiger partial charge in [0, 0.05) is 135 Å². The number of aromatic nitrogens is 3. The summed E-state index contributed by atoms with van der Waals surface area (Å²) in [5.74, 6) is -0.676. The number of thiazole rings is 1. The quantitative estimate of drug-likeness (QED) is 0.127. The maximum Gasteiger partial charge on any atom is 0.328 e. The molecule has 7 bridgehead atoms. The molecule has 10 fully saturated rings. The van der Waals surface area contributed by atoms with Crippen LogP contribution in [0.15, 0.2) is 35.8 Å². The molecule has 18 nitrogen and oxygen atoms in total. The molecule has 19 heteroatoms. The Kier molecular flexibility index (Phi) is 14.3. The SMILES string of the molecule is CO[C@@H](C)c1ncc(N2CCN(C3CC3)CC2)cc1-c1c2c3cc(ccc3n1CCO[C@H]1CCOC(C)(C)C1)-c1csc(n1)[C@@H](N1CC3(COC3)C1)[C@H](NC(=O)[C@@H]1[C@@H](C)[C@H]1[C@H]1CCCO1)C(=O)N1CC3CC(C3)(N1)C(=O)OCC(C)(C)C2.